The van der Waals surface area contributed by atoms with Crippen molar-refractivity contribution in [3.8, 4) is 0 Å². The van der Waals surface area contributed by atoms with Crippen LogP contribution in [0.5, 0.6) is 0 Å². The molecule has 0 aliphatic rings. The molecule has 1 aromatic rings. The van der Waals surface area contributed by atoms with Crippen LogP contribution in [0.15, 0.2) is 10.5 Å². The lowest BCUT2D eigenvalue weighted by Gasteiger charge is -2.19. The first-order valence-electron chi connectivity index (χ1n) is 5.26. The molecule has 1 heterocycles. The molecule has 0 aromatic carbocycles. The second kappa shape index (κ2) is 5.96. The number of aliphatic hydroxyl groups excluding tert-OH is 4. The van der Waals surface area contributed by atoms with Gasteiger partial charge in [0.15, 0.2) is 0 Å². The van der Waals surface area contributed by atoms with Crippen molar-refractivity contribution in [2.45, 2.75) is 25.2 Å². The van der Waals surface area contributed by atoms with Crippen LogP contribution in [-0.2, 0) is 4.74 Å². The van der Waals surface area contributed by atoms with Gasteiger partial charge in [0.05, 0.1) is 13.7 Å². The normalized spacial score (nSPS) is 16.1. The predicted molar refractivity (Wildman–Crippen MR) is 58.8 cm³/mol. The fourth-order valence-electron chi connectivity index (χ4n) is 1.45. The fraction of sp³-hybridized carbons (Fsp3) is 0.545. The van der Waals surface area contributed by atoms with E-state index in [1.165, 1.54) is 20.1 Å². The van der Waals surface area contributed by atoms with Gasteiger partial charge >= 0.3 is 5.97 Å². The summed E-state index contributed by atoms with van der Waals surface area (Å²) in [5, 5.41) is 37.1. The highest BCUT2D eigenvalue weighted by atomic mass is 16.5. The van der Waals surface area contributed by atoms with Crippen LogP contribution in [0.3, 0.4) is 0 Å². The zero-order valence-electron chi connectivity index (χ0n) is 10.0. The number of ether oxygens (including phenoxy) is 1. The summed E-state index contributed by atoms with van der Waals surface area (Å²) in [7, 11) is 1.20. The van der Waals surface area contributed by atoms with E-state index < -0.39 is 30.9 Å². The quantitative estimate of drug-likeness (QED) is 0.507. The molecule has 4 N–H and O–H groups in total. The molecule has 102 valence electrons. The second-order valence-electron chi connectivity index (χ2n) is 3.80. The Morgan fingerprint density at radius 2 is 2.06 bits per heavy atom. The Kier molecular flexibility index (Phi) is 4.85. The van der Waals surface area contributed by atoms with E-state index in [-0.39, 0.29) is 17.1 Å². The van der Waals surface area contributed by atoms with Gasteiger partial charge in [-0.25, -0.2) is 4.79 Å². The van der Waals surface area contributed by atoms with E-state index in [0.717, 1.165) is 0 Å². The van der Waals surface area contributed by atoms with Gasteiger partial charge in [0.2, 0.25) is 0 Å². The summed E-state index contributed by atoms with van der Waals surface area (Å²) < 4.78 is 9.62. The number of aryl methyl sites for hydroxylation is 1. The standard InChI is InChI=1S/C11H16O7/c1-5-6(11(16)17-2)3-8(18-5)10(15)9(14)7(13)4-12/h3,7,9-10,12-15H,4H2,1-2H3. The topological polar surface area (TPSA) is 120 Å². The molecule has 0 saturated carbocycles. The van der Waals surface area contributed by atoms with E-state index in [4.69, 9.17) is 9.52 Å². The highest BCUT2D eigenvalue weighted by molar-refractivity contribution is 5.90. The number of methoxy groups -OCH3 is 1. The first kappa shape index (κ1) is 14.7. The third-order valence-corrected chi connectivity index (χ3v) is 2.54. The van der Waals surface area contributed by atoms with Crippen molar-refractivity contribution in [1.29, 1.82) is 0 Å². The first-order valence-corrected chi connectivity index (χ1v) is 5.26. The van der Waals surface area contributed by atoms with Crippen LogP contribution < -0.4 is 0 Å². The largest absolute Gasteiger partial charge is 0.465 e. The van der Waals surface area contributed by atoms with Crippen LogP contribution in [-0.4, -0.2) is 52.3 Å². The number of furan rings is 1. The van der Waals surface area contributed by atoms with Gasteiger partial charge in [-0.3, -0.25) is 0 Å². The van der Waals surface area contributed by atoms with Crippen LogP contribution in [0.2, 0.25) is 0 Å². The molecule has 0 bridgehead atoms. The summed E-state index contributed by atoms with van der Waals surface area (Å²) in [5.74, 6) is -0.499. The summed E-state index contributed by atoms with van der Waals surface area (Å²) >= 11 is 0. The third kappa shape index (κ3) is 2.88. The van der Waals surface area contributed by atoms with Crippen molar-refractivity contribution < 1.29 is 34.4 Å². The van der Waals surface area contributed by atoms with E-state index in [1.807, 2.05) is 0 Å². The summed E-state index contributed by atoms with van der Waals surface area (Å²) in [6.45, 7) is 0.791. The van der Waals surface area contributed by atoms with Gasteiger partial charge in [-0.05, 0) is 13.0 Å². The minimum atomic E-state index is -1.62. The molecule has 1 aromatic heterocycles. The number of hydrogen-bond acceptors (Lipinski definition) is 7. The number of aliphatic hydroxyl groups is 4. The molecule has 1 rings (SSSR count). The second-order valence-corrected chi connectivity index (χ2v) is 3.80. The molecule has 0 aliphatic carbocycles. The lowest BCUT2D eigenvalue weighted by atomic mass is 10.1. The lowest BCUT2D eigenvalue weighted by Crippen LogP contribution is -2.34. The number of hydrogen-bond donors (Lipinski definition) is 4. The van der Waals surface area contributed by atoms with Gasteiger partial charge < -0.3 is 29.6 Å². The van der Waals surface area contributed by atoms with Crippen molar-refractivity contribution in [3.05, 3.63) is 23.2 Å². The van der Waals surface area contributed by atoms with Crippen molar-refractivity contribution in [2.24, 2.45) is 0 Å². The van der Waals surface area contributed by atoms with Crippen LogP contribution in [0, 0.1) is 6.92 Å². The van der Waals surface area contributed by atoms with Crippen molar-refractivity contribution in [3.63, 3.8) is 0 Å². The summed E-state index contributed by atoms with van der Waals surface area (Å²) in [6.07, 6.45) is -4.68. The molecule has 3 atom stereocenters. The average molecular weight is 260 g/mol. The molecule has 0 saturated heterocycles. The highest BCUT2D eigenvalue weighted by Crippen LogP contribution is 2.25. The third-order valence-electron chi connectivity index (χ3n) is 2.54. The van der Waals surface area contributed by atoms with E-state index in [0.29, 0.717) is 0 Å². The maximum Gasteiger partial charge on any atom is 0.341 e. The average Bonchev–Trinajstić information content (AvgIpc) is 2.77. The Hall–Kier alpha value is -1.41. The minimum Gasteiger partial charge on any atom is -0.465 e. The van der Waals surface area contributed by atoms with E-state index in [2.05, 4.69) is 4.74 Å². The fourth-order valence-corrected chi connectivity index (χ4v) is 1.45. The van der Waals surface area contributed by atoms with Crippen molar-refractivity contribution in [1.82, 2.24) is 0 Å². The number of carbonyl (C=O) groups excluding carboxylic acids is 1. The predicted octanol–water partition coefficient (Wildman–Crippen LogP) is -0.878. The molecule has 0 spiro atoms. The maximum absolute atomic E-state index is 11.3. The Morgan fingerprint density at radius 1 is 1.44 bits per heavy atom. The molecule has 0 radical (unpaired) electrons. The summed E-state index contributed by atoms with van der Waals surface area (Å²) in [5.41, 5.74) is 0.122. The first-order chi connectivity index (χ1) is 8.42. The molecule has 3 unspecified atom stereocenters. The van der Waals surface area contributed by atoms with Crippen molar-refractivity contribution >= 4 is 5.97 Å². The van der Waals surface area contributed by atoms with Crippen LogP contribution in [0.25, 0.3) is 0 Å². The van der Waals surface area contributed by atoms with Gasteiger partial charge in [-0.2, -0.15) is 0 Å². The van der Waals surface area contributed by atoms with Crippen LogP contribution >= 0.6 is 0 Å². The Morgan fingerprint density at radius 3 is 2.56 bits per heavy atom. The number of esters is 1. The Bertz CT molecular complexity index is 412. The Balaban J connectivity index is 2.94. The molecule has 7 heteroatoms. The van der Waals surface area contributed by atoms with Gasteiger partial charge in [-0.1, -0.05) is 0 Å². The number of rotatable bonds is 5. The lowest BCUT2D eigenvalue weighted by molar-refractivity contribution is -0.0837. The van der Waals surface area contributed by atoms with E-state index in [1.54, 1.807) is 0 Å². The van der Waals surface area contributed by atoms with Gasteiger partial charge in [0, 0.05) is 0 Å². The monoisotopic (exact) mass is 260 g/mol. The maximum atomic E-state index is 11.3. The number of carbonyl (C=O) groups is 1. The molecule has 18 heavy (non-hydrogen) atoms. The van der Waals surface area contributed by atoms with Crippen LogP contribution in [0.4, 0.5) is 0 Å². The zero-order valence-corrected chi connectivity index (χ0v) is 10.0. The molecular weight excluding hydrogens is 244 g/mol. The molecular formula is C11H16O7. The summed E-state index contributed by atoms with van der Waals surface area (Å²) in [4.78, 5) is 11.3. The SMILES string of the molecule is COC(=O)c1cc(C(O)C(O)C(O)CO)oc1C. The van der Waals surface area contributed by atoms with E-state index >= 15 is 0 Å². The summed E-state index contributed by atoms with van der Waals surface area (Å²) in [6, 6.07) is 1.22. The van der Waals surface area contributed by atoms with Gasteiger partial charge in [-0.15, -0.1) is 0 Å². The van der Waals surface area contributed by atoms with Gasteiger partial charge in [0.25, 0.3) is 0 Å². The zero-order chi connectivity index (χ0) is 13.9. The Labute approximate surface area is 103 Å². The van der Waals surface area contributed by atoms with Crippen molar-refractivity contribution in [2.75, 3.05) is 13.7 Å². The highest BCUT2D eigenvalue weighted by Gasteiger charge is 2.29. The minimum absolute atomic E-state index is 0.0899. The van der Waals surface area contributed by atoms with Gasteiger partial charge in [0.1, 0.15) is 35.4 Å². The molecule has 0 amide bonds. The smallest absolute Gasteiger partial charge is 0.341 e. The molecule has 0 aliphatic heterocycles. The molecule has 7 nitrogen and oxygen atoms in total. The van der Waals surface area contributed by atoms with E-state index in [9.17, 15) is 20.1 Å². The van der Waals surface area contributed by atoms with Crippen LogP contribution in [0.1, 0.15) is 28.0 Å². The molecule has 0 fully saturated rings.